The van der Waals surface area contributed by atoms with E-state index in [0.717, 1.165) is 32.4 Å². The van der Waals surface area contributed by atoms with Crippen molar-refractivity contribution < 1.29 is 4.79 Å². The van der Waals surface area contributed by atoms with Crippen molar-refractivity contribution in [3.05, 3.63) is 0 Å². The molecule has 2 fully saturated rings. The normalized spacial score (nSPS) is 31.0. The molecule has 3 heteroatoms. The Bertz CT molecular complexity index is 205. The van der Waals surface area contributed by atoms with Gasteiger partial charge in [-0.2, -0.15) is 0 Å². The Morgan fingerprint density at radius 3 is 2.85 bits per heavy atom. The molecule has 1 aliphatic heterocycles. The molecule has 1 amide bonds. The van der Waals surface area contributed by atoms with Gasteiger partial charge < -0.3 is 10.6 Å². The van der Waals surface area contributed by atoms with Crippen LogP contribution in [0.2, 0.25) is 0 Å². The Balaban J connectivity index is 1.79. The lowest BCUT2D eigenvalue weighted by Gasteiger charge is -2.25. The zero-order chi connectivity index (χ0) is 9.31. The second-order valence-corrected chi connectivity index (χ2v) is 4.58. The number of hydrogen-bond acceptors (Lipinski definition) is 2. The van der Waals surface area contributed by atoms with Gasteiger partial charge in [-0.1, -0.05) is 6.92 Å². The number of hydrogen-bond donors (Lipinski definition) is 2. The van der Waals surface area contributed by atoms with Crippen LogP contribution >= 0.6 is 0 Å². The first-order valence-corrected chi connectivity index (χ1v) is 5.22. The van der Waals surface area contributed by atoms with Crippen LogP contribution in [0, 0.1) is 5.41 Å². The molecular formula is C10H18N2O. The average molecular weight is 182 g/mol. The van der Waals surface area contributed by atoms with Gasteiger partial charge in [0.05, 0.1) is 0 Å². The van der Waals surface area contributed by atoms with Gasteiger partial charge >= 0.3 is 0 Å². The SMILES string of the molecule is CC1(C(=O)NC2CCCNC2)CC1. The molecule has 13 heavy (non-hydrogen) atoms. The van der Waals surface area contributed by atoms with E-state index in [0.29, 0.717) is 6.04 Å². The van der Waals surface area contributed by atoms with Gasteiger partial charge in [-0.25, -0.2) is 0 Å². The third kappa shape index (κ3) is 2.02. The summed E-state index contributed by atoms with van der Waals surface area (Å²) in [6.07, 6.45) is 4.45. The molecule has 1 saturated heterocycles. The van der Waals surface area contributed by atoms with Crippen molar-refractivity contribution in [2.45, 2.75) is 38.6 Å². The molecule has 0 bridgehead atoms. The van der Waals surface area contributed by atoms with Crippen LogP contribution in [-0.4, -0.2) is 25.0 Å². The summed E-state index contributed by atoms with van der Waals surface area (Å²) in [6, 6.07) is 0.374. The van der Waals surface area contributed by atoms with Crippen molar-refractivity contribution in [1.29, 1.82) is 0 Å². The van der Waals surface area contributed by atoms with Gasteiger partial charge in [-0.3, -0.25) is 4.79 Å². The number of carbonyl (C=O) groups excluding carboxylic acids is 1. The van der Waals surface area contributed by atoms with E-state index < -0.39 is 0 Å². The van der Waals surface area contributed by atoms with Crippen LogP contribution < -0.4 is 10.6 Å². The Labute approximate surface area is 79.3 Å². The van der Waals surface area contributed by atoms with Crippen molar-refractivity contribution in [1.82, 2.24) is 10.6 Å². The van der Waals surface area contributed by atoms with Gasteiger partial charge in [0.2, 0.25) is 5.91 Å². The highest BCUT2D eigenvalue weighted by molar-refractivity contribution is 5.85. The summed E-state index contributed by atoms with van der Waals surface area (Å²) in [4.78, 5) is 11.7. The maximum absolute atomic E-state index is 11.7. The summed E-state index contributed by atoms with van der Waals surface area (Å²) in [6.45, 7) is 4.10. The Morgan fingerprint density at radius 2 is 2.31 bits per heavy atom. The first kappa shape index (κ1) is 9.00. The maximum Gasteiger partial charge on any atom is 0.226 e. The van der Waals surface area contributed by atoms with Gasteiger partial charge in [0.1, 0.15) is 0 Å². The van der Waals surface area contributed by atoms with Crippen LogP contribution in [0.3, 0.4) is 0 Å². The summed E-state index contributed by atoms with van der Waals surface area (Å²) < 4.78 is 0. The molecule has 1 atom stereocenters. The highest BCUT2D eigenvalue weighted by atomic mass is 16.2. The van der Waals surface area contributed by atoms with E-state index in [2.05, 4.69) is 17.6 Å². The van der Waals surface area contributed by atoms with E-state index in [4.69, 9.17) is 0 Å². The van der Waals surface area contributed by atoms with Gasteiger partial charge in [-0.15, -0.1) is 0 Å². The molecule has 3 nitrogen and oxygen atoms in total. The molecule has 1 heterocycles. The smallest absolute Gasteiger partial charge is 0.226 e. The molecule has 0 radical (unpaired) electrons. The average Bonchev–Trinajstić information content (AvgIpc) is 2.87. The molecule has 1 aliphatic carbocycles. The molecule has 0 aromatic heterocycles. The largest absolute Gasteiger partial charge is 0.352 e. The predicted molar refractivity (Wildman–Crippen MR) is 51.4 cm³/mol. The molecule has 74 valence electrons. The van der Waals surface area contributed by atoms with Crippen molar-refractivity contribution in [2.24, 2.45) is 5.41 Å². The lowest BCUT2D eigenvalue weighted by molar-refractivity contribution is -0.126. The van der Waals surface area contributed by atoms with Gasteiger partial charge in [0.15, 0.2) is 0 Å². The summed E-state index contributed by atoms with van der Waals surface area (Å²) >= 11 is 0. The van der Waals surface area contributed by atoms with Gasteiger partial charge in [0, 0.05) is 18.0 Å². The van der Waals surface area contributed by atoms with Crippen LogP contribution in [0.4, 0.5) is 0 Å². The summed E-state index contributed by atoms with van der Waals surface area (Å²) in [5, 5.41) is 6.42. The fourth-order valence-electron chi connectivity index (χ4n) is 1.75. The zero-order valence-corrected chi connectivity index (χ0v) is 8.23. The highest BCUT2D eigenvalue weighted by Gasteiger charge is 2.45. The molecule has 0 spiro atoms. The van der Waals surface area contributed by atoms with Crippen LogP contribution in [0.5, 0.6) is 0 Å². The number of rotatable bonds is 2. The van der Waals surface area contributed by atoms with Crippen molar-refractivity contribution in [2.75, 3.05) is 13.1 Å². The minimum absolute atomic E-state index is 0.0164. The molecule has 0 aromatic rings. The first-order chi connectivity index (χ1) is 6.21. The second-order valence-electron chi connectivity index (χ2n) is 4.58. The molecule has 2 N–H and O–H groups in total. The van der Waals surface area contributed by atoms with E-state index in [9.17, 15) is 4.79 Å². The molecule has 1 unspecified atom stereocenters. The molecule has 1 saturated carbocycles. The van der Waals surface area contributed by atoms with Crippen molar-refractivity contribution in [3.8, 4) is 0 Å². The van der Waals surface area contributed by atoms with E-state index in [1.807, 2.05) is 0 Å². The third-order valence-corrected chi connectivity index (χ3v) is 3.18. The summed E-state index contributed by atoms with van der Waals surface area (Å²) in [7, 11) is 0. The molecule has 2 rings (SSSR count). The number of carbonyl (C=O) groups is 1. The van der Waals surface area contributed by atoms with Crippen molar-refractivity contribution in [3.63, 3.8) is 0 Å². The standard InChI is InChI=1S/C10H18N2O/c1-10(4-5-10)9(13)12-8-3-2-6-11-7-8/h8,11H,2-7H2,1H3,(H,12,13). The lowest BCUT2D eigenvalue weighted by atomic mass is 10.0. The zero-order valence-electron chi connectivity index (χ0n) is 8.23. The summed E-state index contributed by atoms with van der Waals surface area (Å²) in [5.41, 5.74) is -0.0164. The molecule has 2 aliphatic rings. The van der Waals surface area contributed by atoms with E-state index in [1.165, 1.54) is 6.42 Å². The Kier molecular flexibility index (Phi) is 2.28. The predicted octanol–water partition coefficient (Wildman–Crippen LogP) is 0.655. The Hall–Kier alpha value is -0.570. The maximum atomic E-state index is 11.7. The highest BCUT2D eigenvalue weighted by Crippen LogP contribution is 2.45. The fraction of sp³-hybridized carbons (Fsp3) is 0.900. The van der Waals surface area contributed by atoms with Crippen LogP contribution in [0.25, 0.3) is 0 Å². The summed E-state index contributed by atoms with van der Waals surface area (Å²) in [5.74, 6) is 0.265. The number of piperidine rings is 1. The van der Waals surface area contributed by atoms with Crippen LogP contribution in [-0.2, 0) is 4.79 Å². The number of nitrogens with one attached hydrogen (secondary N) is 2. The third-order valence-electron chi connectivity index (χ3n) is 3.18. The Morgan fingerprint density at radius 1 is 1.54 bits per heavy atom. The lowest BCUT2D eigenvalue weighted by Crippen LogP contribution is -2.47. The molecular weight excluding hydrogens is 164 g/mol. The topological polar surface area (TPSA) is 41.1 Å². The minimum Gasteiger partial charge on any atom is -0.352 e. The van der Waals surface area contributed by atoms with Crippen LogP contribution in [0.1, 0.15) is 32.6 Å². The number of amides is 1. The monoisotopic (exact) mass is 182 g/mol. The minimum atomic E-state index is -0.0164. The van der Waals surface area contributed by atoms with Gasteiger partial charge in [-0.05, 0) is 32.2 Å². The van der Waals surface area contributed by atoms with Gasteiger partial charge in [0.25, 0.3) is 0 Å². The molecule has 0 aromatic carbocycles. The van der Waals surface area contributed by atoms with E-state index >= 15 is 0 Å². The van der Waals surface area contributed by atoms with Crippen LogP contribution in [0.15, 0.2) is 0 Å². The van der Waals surface area contributed by atoms with E-state index in [1.54, 1.807) is 0 Å². The first-order valence-electron chi connectivity index (χ1n) is 5.22. The van der Waals surface area contributed by atoms with Crippen molar-refractivity contribution >= 4 is 5.91 Å². The second kappa shape index (κ2) is 3.29. The van der Waals surface area contributed by atoms with E-state index in [-0.39, 0.29) is 11.3 Å². The fourth-order valence-corrected chi connectivity index (χ4v) is 1.75. The quantitative estimate of drug-likeness (QED) is 0.658.